The van der Waals surface area contributed by atoms with E-state index in [-0.39, 0.29) is 42.8 Å². The molecular formula is C33H39N3O7. The number of ether oxygens (including phenoxy) is 4. The number of rotatable bonds is 9. The molecule has 1 saturated heterocycles. The van der Waals surface area contributed by atoms with Crippen molar-refractivity contribution in [3.8, 4) is 11.5 Å². The Labute approximate surface area is 251 Å². The van der Waals surface area contributed by atoms with Crippen LogP contribution in [0.25, 0.3) is 10.9 Å². The molecule has 4 heterocycles. The minimum absolute atomic E-state index is 0.0449. The van der Waals surface area contributed by atoms with Crippen LogP contribution in [0.4, 0.5) is 0 Å². The SMILES string of the molecule is CCO[C@H]1OC(C(=O)N2CCN(Cc3ccc4c(c3)OCO4)CC2)=C[C@@H](c2cn(C(C)=O)c3ccccc23)[C@H]1CCCO. The third-order valence-electron chi connectivity index (χ3n) is 8.57. The molecule has 43 heavy (non-hydrogen) atoms. The van der Waals surface area contributed by atoms with Crippen LogP contribution in [0.5, 0.6) is 11.5 Å². The lowest BCUT2D eigenvalue weighted by Gasteiger charge is -2.39. The van der Waals surface area contributed by atoms with Crippen LogP contribution < -0.4 is 9.47 Å². The first kappa shape index (κ1) is 29.2. The van der Waals surface area contributed by atoms with Gasteiger partial charge in [-0.2, -0.15) is 0 Å². The second-order valence-corrected chi connectivity index (χ2v) is 11.3. The number of aromatic nitrogens is 1. The summed E-state index contributed by atoms with van der Waals surface area (Å²) >= 11 is 0. The smallest absolute Gasteiger partial charge is 0.288 e. The number of para-hydroxylation sites is 1. The standard InChI is InChI=1S/C33H39N3O7/c1-3-40-33-25(8-6-16-37)26(27-20-36(22(2)38)28-9-5-4-7-24(27)28)18-31(43-33)32(39)35-14-12-34(13-15-35)19-23-10-11-29-30(17-23)42-21-41-29/h4-5,7,9-11,17-18,20,25-26,33,37H,3,6,8,12-16,19,21H2,1-2H3/t25-,26-,33+/m1/s1. The zero-order valence-corrected chi connectivity index (χ0v) is 24.7. The summed E-state index contributed by atoms with van der Waals surface area (Å²) in [5.74, 6) is 1.19. The van der Waals surface area contributed by atoms with Crippen molar-refractivity contribution in [3.05, 3.63) is 71.6 Å². The lowest BCUT2D eigenvalue weighted by atomic mass is 9.80. The summed E-state index contributed by atoms with van der Waals surface area (Å²) in [4.78, 5) is 30.6. The van der Waals surface area contributed by atoms with Crippen LogP contribution in [0.1, 0.15) is 48.5 Å². The van der Waals surface area contributed by atoms with E-state index in [1.54, 1.807) is 11.5 Å². The van der Waals surface area contributed by atoms with E-state index in [0.29, 0.717) is 32.5 Å². The fourth-order valence-corrected chi connectivity index (χ4v) is 6.41. The monoisotopic (exact) mass is 589 g/mol. The van der Waals surface area contributed by atoms with Gasteiger partial charge in [0.25, 0.3) is 5.91 Å². The highest BCUT2D eigenvalue weighted by Gasteiger charge is 2.40. The summed E-state index contributed by atoms with van der Waals surface area (Å²) in [7, 11) is 0. The molecule has 0 unspecified atom stereocenters. The lowest BCUT2D eigenvalue weighted by molar-refractivity contribution is -0.171. The minimum Gasteiger partial charge on any atom is -0.459 e. The number of aliphatic hydroxyl groups excluding tert-OH is 1. The van der Waals surface area contributed by atoms with Crippen LogP contribution in [0.3, 0.4) is 0 Å². The molecule has 1 amide bonds. The van der Waals surface area contributed by atoms with E-state index < -0.39 is 6.29 Å². The quantitative estimate of drug-likeness (QED) is 0.398. The maximum Gasteiger partial charge on any atom is 0.288 e. The Bertz CT molecular complexity index is 1510. The van der Waals surface area contributed by atoms with E-state index in [2.05, 4.69) is 11.0 Å². The highest BCUT2D eigenvalue weighted by Crippen LogP contribution is 2.43. The molecule has 10 heteroatoms. The Kier molecular flexibility index (Phi) is 8.69. The summed E-state index contributed by atoms with van der Waals surface area (Å²) in [5.41, 5.74) is 2.91. The van der Waals surface area contributed by atoms with Crippen LogP contribution in [-0.2, 0) is 20.8 Å². The van der Waals surface area contributed by atoms with Crippen LogP contribution in [0.2, 0.25) is 0 Å². The van der Waals surface area contributed by atoms with Crippen molar-refractivity contribution in [1.82, 2.24) is 14.4 Å². The first-order valence-corrected chi connectivity index (χ1v) is 15.1. The second-order valence-electron chi connectivity index (χ2n) is 11.3. The van der Waals surface area contributed by atoms with Crippen LogP contribution in [-0.4, -0.2) is 83.8 Å². The van der Waals surface area contributed by atoms with Gasteiger partial charge in [0.05, 0.1) is 5.52 Å². The number of nitrogens with zero attached hydrogens (tertiary/aromatic N) is 3. The third kappa shape index (κ3) is 6.00. The molecule has 0 spiro atoms. The first-order chi connectivity index (χ1) is 21.0. The van der Waals surface area contributed by atoms with Crippen molar-refractivity contribution in [2.24, 2.45) is 5.92 Å². The number of carbonyl (C=O) groups is 2. The first-order valence-electron chi connectivity index (χ1n) is 15.1. The minimum atomic E-state index is -0.655. The number of fused-ring (bicyclic) bond motifs is 2. The molecular weight excluding hydrogens is 550 g/mol. The van der Waals surface area contributed by atoms with E-state index >= 15 is 0 Å². The molecule has 0 radical (unpaired) electrons. The van der Waals surface area contributed by atoms with Gasteiger partial charge in [0, 0.05) is 76.3 Å². The molecule has 2 aromatic carbocycles. The summed E-state index contributed by atoms with van der Waals surface area (Å²) in [6, 6.07) is 13.8. The molecule has 0 saturated carbocycles. The normalized spacial score (nSPS) is 22.0. The predicted octanol–water partition coefficient (Wildman–Crippen LogP) is 4.12. The fourth-order valence-electron chi connectivity index (χ4n) is 6.41. The number of hydrogen-bond donors (Lipinski definition) is 1. The van der Waals surface area contributed by atoms with Gasteiger partial charge in [-0.3, -0.25) is 19.1 Å². The molecule has 10 nitrogen and oxygen atoms in total. The van der Waals surface area contributed by atoms with Gasteiger partial charge in [-0.25, -0.2) is 0 Å². The molecule has 3 aromatic rings. The topological polar surface area (TPSA) is 103 Å². The van der Waals surface area contributed by atoms with Crippen molar-refractivity contribution in [3.63, 3.8) is 0 Å². The van der Waals surface area contributed by atoms with E-state index in [1.165, 1.54) is 0 Å². The lowest BCUT2D eigenvalue weighted by Crippen LogP contribution is -2.49. The fraction of sp³-hybridized carbons (Fsp3) is 0.455. The number of piperazine rings is 1. The number of carbonyl (C=O) groups excluding carboxylic acids is 2. The molecule has 1 N–H and O–H groups in total. The molecule has 3 atom stereocenters. The highest BCUT2D eigenvalue weighted by molar-refractivity contribution is 5.95. The number of allylic oxidation sites excluding steroid dienone is 1. The molecule has 228 valence electrons. The molecule has 3 aliphatic rings. The molecule has 6 rings (SSSR count). The third-order valence-corrected chi connectivity index (χ3v) is 8.57. The Hall–Kier alpha value is -3.86. The van der Waals surface area contributed by atoms with Gasteiger partial charge < -0.3 is 29.0 Å². The second kappa shape index (κ2) is 12.8. The van der Waals surface area contributed by atoms with Crippen molar-refractivity contribution in [2.75, 3.05) is 46.2 Å². The van der Waals surface area contributed by atoms with Crippen LogP contribution in [0.15, 0.2) is 60.5 Å². The molecule has 3 aliphatic heterocycles. The number of benzene rings is 2. The summed E-state index contributed by atoms with van der Waals surface area (Å²) in [5, 5.41) is 10.6. The zero-order valence-electron chi connectivity index (χ0n) is 24.7. The van der Waals surface area contributed by atoms with Crippen molar-refractivity contribution in [1.29, 1.82) is 0 Å². The van der Waals surface area contributed by atoms with Crippen molar-refractivity contribution >= 4 is 22.7 Å². The van der Waals surface area contributed by atoms with Crippen molar-refractivity contribution < 1.29 is 33.6 Å². The molecule has 1 fully saturated rings. The van der Waals surface area contributed by atoms with Gasteiger partial charge in [-0.15, -0.1) is 0 Å². The summed E-state index contributed by atoms with van der Waals surface area (Å²) < 4.78 is 25.0. The Morgan fingerprint density at radius 3 is 2.60 bits per heavy atom. The Morgan fingerprint density at radius 2 is 1.84 bits per heavy atom. The van der Waals surface area contributed by atoms with Gasteiger partial charge >= 0.3 is 0 Å². The van der Waals surface area contributed by atoms with Crippen LogP contribution >= 0.6 is 0 Å². The van der Waals surface area contributed by atoms with Crippen LogP contribution in [0, 0.1) is 5.92 Å². The molecule has 1 aromatic heterocycles. The van der Waals surface area contributed by atoms with Gasteiger partial charge in [-0.1, -0.05) is 24.3 Å². The van der Waals surface area contributed by atoms with Gasteiger partial charge in [0.15, 0.2) is 17.3 Å². The Balaban J connectivity index is 1.24. The number of aliphatic hydroxyl groups is 1. The number of amides is 1. The maximum atomic E-state index is 13.9. The van der Waals surface area contributed by atoms with Gasteiger partial charge in [0.1, 0.15) is 0 Å². The van der Waals surface area contributed by atoms with Gasteiger partial charge in [0.2, 0.25) is 19.0 Å². The molecule has 0 bridgehead atoms. The van der Waals surface area contributed by atoms with E-state index in [0.717, 1.165) is 53.2 Å². The number of hydrogen-bond acceptors (Lipinski definition) is 8. The average molecular weight is 590 g/mol. The van der Waals surface area contributed by atoms with E-state index in [9.17, 15) is 14.7 Å². The molecule has 0 aliphatic carbocycles. The van der Waals surface area contributed by atoms with E-state index in [4.69, 9.17) is 18.9 Å². The largest absolute Gasteiger partial charge is 0.459 e. The Morgan fingerprint density at radius 1 is 1.05 bits per heavy atom. The maximum absolute atomic E-state index is 13.9. The highest BCUT2D eigenvalue weighted by atomic mass is 16.7. The zero-order chi connectivity index (χ0) is 29.9. The average Bonchev–Trinajstić information content (AvgIpc) is 3.65. The predicted molar refractivity (Wildman–Crippen MR) is 160 cm³/mol. The van der Waals surface area contributed by atoms with E-state index in [1.807, 2.05) is 60.5 Å². The summed E-state index contributed by atoms with van der Waals surface area (Å²) in [6.07, 6.45) is 4.35. The summed E-state index contributed by atoms with van der Waals surface area (Å²) in [6.45, 7) is 7.55. The van der Waals surface area contributed by atoms with Crippen molar-refractivity contribution in [2.45, 2.75) is 45.4 Å². The van der Waals surface area contributed by atoms with Gasteiger partial charge in [-0.05, 0) is 55.2 Å².